The van der Waals surface area contributed by atoms with Crippen LogP contribution in [-0.2, 0) is 16.6 Å². The van der Waals surface area contributed by atoms with E-state index >= 15 is 0 Å². The number of benzene rings is 2. The second-order valence-electron chi connectivity index (χ2n) is 8.01. The highest BCUT2D eigenvalue weighted by Gasteiger charge is 2.31. The molecule has 1 fully saturated rings. The molecule has 0 radical (unpaired) electrons. The second kappa shape index (κ2) is 8.64. The molecule has 1 aromatic heterocycles. The molecule has 0 unspecified atom stereocenters. The van der Waals surface area contributed by atoms with E-state index in [4.69, 9.17) is 0 Å². The van der Waals surface area contributed by atoms with Crippen LogP contribution < -0.4 is 0 Å². The predicted molar refractivity (Wildman–Crippen MR) is 114 cm³/mol. The fourth-order valence-electron chi connectivity index (χ4n) is 4.15. The van der Waals surface area contributed by atoms with Crippen LogP contribution in [-0.4, -0.2) is 64.0 Å². The van der Waals surface area contributed by atoms with Crippen molar-refractivity contribution in [3.8, 4) is 5.69 Å². The Hall–Kier alpha value is -2.76. The van der Waals surface area contributed by atoms with E-state index in [1.54, 1.807) is 0 Å². The molecular weight excluding hydrogens is 438 g/mol. The highest BCUT2D eigenvalue weighted by Crippen LogP contribution is 2.26. The van der Waals surface area contributed by atoms with E-state index in [1.807, 2.05) is 37.8 Å². The van der Waals surface area contributed by atoms with E-state index in [0.717, 1.165) is 28.8 Å². The van der Waals surface area contributed by atoms with Crippen molar-refractivity contribution in [2.24, 2.45) is 0 Å². The number of hydrogen-bond donors (Lipinski definition) is 0. The van der Waals surface area contributed by atoms with Gasteiger partial charge in [-0.3, -0.25) is 4.90 Å². The highest BCUT2D eigenvalue weighted by atomic mass is 32.2. The molecule has 0 N–H and O–H groups in total. The van der Waals surface area contributed by atoms with Gasteiger partial charge in [0.25, 0.3) is 0 Å². The van der Waals surface area contributed by atoms with Crippen LogP contribution in [0.5, 0.6) is 0 Å². The Labute approximate surface area is 185 Å². The van der Waals surface area contributed by atoms with E-state index in [9.17, 15) is 17.2 Å². The standard InChI is InChI=1S/C21H24F2N6O2S/c1-14-10-15(2)21(16(3)11-14)32(30,31)28-8-6-27(7-9-28)13-20-24-25-26-29(20)17-4-5-18(22)19(23)12-17/h4-5,10-12H,6-9,13H2,1-3H3. The summed E-state index contributed by atoms with van der Waals surface area (Å²) in [4.78, 5) is 2.40. The number of aryl methyl sites for hydroxylation is 3. The minimum atomic E-state index is -3.60. The number of halogens is 2. The first-order valence-electron chi connectivity index (χ1n) is 10.2. The highest BCUT2D eigenvalue weighted by molar-refractivity contribution is 7.89. The molecule has 2 aromatic carbocycles. The van der Waals surface area contributed by atoms with Gasteiger partial charge in [0.2, 0.25) is 10.0 Å². The van der Waals surface area contributed by atoms with Gasteiger partial charge in [-0.15, -0.1) is 5.10 Å². The Kier molecular flexibility index (Phi) is 6.06. The summed E-state index contributed by atoms with van der Waals surface area (Å²) >= 11 is 0. The molecule has 4 rings (SSSR count). The lowest BCUT2D eigenvalue weighted by Gasteiger charge is -2.34. The van der Waals surface area contributed by atoms with Crippen LogP contribution in [0.4, 0.5) is 8.78 Å². The lowest BCUT2D eigenvalue weighted by atomic mass is 10.1. The number of aromatic nitrogens is 4. The quantitative estimate of drug-likeness (QED) is 0.579. The summed E-state index contributed by atoms with van der Waals surface area (Å²) in [5, 5.41) is 11.5. The molecule has 0 atom stereocenters. The molecule has 1 aliphatic heterocycles. The molecule has 0 aliphatic carbocycles. The van der Waals surface area contributed by atoms with E-state index < -0.39 is 21.7 Å². The molecule has 0 bridgehead atoms. The predicted octanol–water partition coefficient (Wildman–Crippen LogP) is 2.37. The SMILES string of the molecule is Cc1cc(C)c(S(=O)(=O)N2CCN(Cc3nnnn3-c3ccc(F)c(F)c3)CC2)c(C)c1. The fraction of sp³-hybridized carbons (Fsp3) is 0.381. The maximum atomic E-state index is 13.6. The summed E-state index contributed by atoms with van der Waals surface area (Å²) in [6.45, 7) is 7.60. The molecule has 11 heteroatoms. The van der Waals surface area contributed by atoms with Crippen molar-refractivity contribution < 1.29 is 17.2 Å². The minimum Gasteiger partial charge on any atom is -0.293 e. The molecule has 170 valence electrons. The molecule has 8 nitrogen and oxygen atoms in total. The third kappa shape index (κ3) is 4.27. The zero-order valence-electron chi connectivity index (χ0n) is 18.1. The van der Waals surface area contributed by atoms with Crippen LogP contribution in [0.2, 0.25) is 0 Å². The van der Waals surface area contributed by atoms with Crippen molar-refractivity contribution in [3.63, 3.8) is 0 Å². The van der Waals surface area contributed by atoms with Gasteiger partial charge in [0.05, 0.1) is 17.1 Å². The van der Waals surface area contributed by atoms with Gasteiger partial charge in [0.15, 0.2) is 17.5 Å². The largest absolute Gasteiger partial charge is 0.293 e. The fourth-order valence-corrected chi connectivity index (χ4v) is 5.99. The Morgan fingerprint density at radius 1 is 0.938 bits per heavy atom. The minimum absolute atomic E-state index is 0.315. The van der Waals surface area contributed by atoms with Crippen LogP contribution in [0.1, 0.15) is 22.5 Å². The van der Waals surface area contributed by atoms with E-state index in [-0.39, 0.29) is 0 Å². The molecule has 0 saturated carbocycles. The van der Waals surface area contributed by atoms with Crippen LogP contribution in [0.3, 0.4) is 0 Å². The smallest absolute Gasteiger partial charge is 0.243 e. The summed E-state index contributed by atoms with van der Waals surface area (Å²) in [5.41, 5.74) is 2.84. The monoisotopic (exact) mass is 462 g/mol. The van der Waals surface area contributed by atoms with Crippen LogP contribution in [0.25, 0.3) is 5.69 Å². The lowest BCUT2D eigenvalue weighted by Crippen LogP contribution is -2.48. The van der Waals surface area contributed by atoms with Crippen molar-refractivity contribution in [1.82, 2.24) is 29.4 Å². The first kappa shape index (κ1) is 22.4. The van der Waals surface area contributed by atoms with Gasteiger partial charge in [0.1, 0.15) is 0 Å². The second-order valence-corrected chi connectivity index (χ2v) is 9.89. The zero-order chi connectivity index (χ0) is 23.0. The van der Waals surface area contributed by atoms with Crippen molar-refractivity contribution in [2.75, 3.05) is 26.2 Å². The number of sulfonamides is 1. The lowest BCUT2D eigenvalue weighted by molar-refractivity contribution is 0.177. The van der Waals surface area contributed by atoms with E-state index in [0.29, 0.717) is 49.1 Å². The maximum Gasteiger partial charge on any atom is 0.243 e. The number of rotatable bonds is 5. The van der Waals surface area contributed by atoms with Gasteiger partial charge >= 0.3 is 0 Å². The van der Waals surface area contributed by atoms with Gasteiger partial charge < -0.3 is 0 Å². The van der Waals surface area contributed by atoms with Gasteiger partial charge in [0, 0.05) is 32.2 Å². The summed E-state index contributed by atoms with van der Waals surface area (Å²) in [7, 11) is -3.60. The Morgan fingerprint density at radius 2 is 1.59 bits per heavy atom. The van der Waals surface area contributed by atoms with Gasteiger partial charge in [-0.2, -0.15) is 8.99 Å². The first-order chi connectivity index (χ1) is 15.2. The Morgan fingerprint density at radius 3 is 2.22 bits per heavy atom. The van der Waals surface area contributed by atoms with Crippen molar-refractivity contribution in [1.29, 1.82) is 0 Å². The number of nitrogens with zero attached hydrogens (tertiary/aromatic N) is 6. The van der Waals surface area contributed by atoms with Crippen molar-refractivity contribution >= 4 is 10.0 Å². The summed E-state index contributed by atoms with van der Waals surface area (Å²) in [6, 6.07) is 7.22. The molecule has 32 heavy (non-hydrogen) atoms. The third-order valence-corrected chi connectivity index (χ3v) is 7.79. The Bertz CT molecular complexity index is 1230. The molecular formula is C21H24F2N6O2S. The maximum absolute atomic E-state index is 13.6. The third-order valence-electron chi connectivity index (χ3n) is 5.58. The van der Waals surface area contributed by atoms with Gasteiger partial charge in [-0.25, -0.2) is 17.2 Å². The molecule has 0 amide bonds. The first-order valence-corrected chi connectivity index (χ1v) is 11.6. The normalized spacial score (nSPS) is 15.9. The number of piperazine rings is 1. The van der Waals surface area contributed by atoms with Crippen molar-refractivity contribution in [3.05, 3.63) is 64.5 Å². The van der Waals surface area contributed by atoms with Crippen LogP contribution >= 0.6 is 0 Å². The summed E-state index contributed by atoms with van der Waals surface area (Å²) < 4.78 is 56.2. The van der Waals surface area contributed by atoms with E-state index in [2.05, 4.69) is 15.5 Å². The average Bonchev–Trinajstić information content (AvgIpc) is 3.17. The molecule has 2 heterocycles. The average molecular weight is 463 g/mol. The molecule has 3 aromatic rings. The zero-order valence-corrected chi connectivity index (χ0v) is 18.9. The summed E-state index contributed by atoms with van der Waals surface area (Å²) in [5.74, 6) is -1.47. The molecule has 0 spiro atoms. The topological polar surface area (TPSA) is 84.2 Å². The summed E-state index contributed by atoms with van der Waals surface area (Å²) in [6.07, 6.45) is 0. The van der Waals surface area contributed by atoms with E-state index in [1.165, 1.54) is 15.1 Å². The Balaban J connectivity index is 1.47. The van der Waals surface area contributed by atoms with Crippen molar-refractivity contribution in [2.45, 2.75) is 32.2 Å². The van der Waals surface area contributed by atoms with Crippen LogP contribution in [0.15, 0.2) is 35.2 Å². The van der Waals surface area contributed by atoms with Crippen LogP contribution in [0, 0.1) is 32.4 Å². The van der Waals surface area contributed by atoms with Gasteiger partial charge in [-0.1, -0.05) is 17.7 Å². The van der Waals surface area contributed by atoms with Gasteiger partial charge in [-0.05, 0) is 54.5 Å². The number of hydrogen-bond acceptors (Lipinski definition) is 6. The number of tetrazole rings is 1. The molecule has 1 aliphatic rings. The molecule has 1 saturated heterocycles.